The smallest absolute Gasteiger partial charge is 0.128 e. The average molecular weight is 553 g/mol. The van der Waals surface area contributed by atoms with E-state index < -0.39 is 25.2 Å². The molecule has 4 aliphatic rings. The van der Waals surface area contributed by atoms with Crippen molar-refractivity contribution >= 4 is 33.5 Å². The highest BCUT2D eigenvalue weighted by molar-refractivity contribution is 5.89. The first-order valence-corrected chi connectivity index (χ1v) is 14.4. The molecular weight excluding hydrogens is 528 g/mol. The number of carboxylic acids is 2. The lowest BCUT2D eigenvalue weighted by atomic mass is 9.76. The van der Waals surface area contributed by atoms with Crippen molar-refractivity contribution < 1.29 is 29.3 Å². The zero-order valence-electron chi connectivity index (χ0n) is 22.5. The van der Waals surface area contributed by atoms with Gasteiger partial charge < -0.3 is 29.3 Å². The summed E-state index contributed by atoms with van der Waals surface area (Å²) >= 11 is 0. The van der Waals surface area contributed by atoms with E-state index in [2.05, 4.69) is 48.5 Å². The maximum atomic E-state index is 11.7. The lowest BCUT2D eigenvalue weighted by Gasteiger charge is -2.32. The van der Waals surface area contributed by atoms with Gasteiger partial charge in [0.25, 0.3) is 0 Å². The predicted octanol–water partition coefficient (Wildman–Crippen LogP) is 4.21. The summed E-state index contributed by atoms with van der Waals surface area (Å²) < 4.78 is 12.4. The molecule has 5 aromatic rings. The molecule has 206 valence electrons. The highest BCUT2D eigenvalue weighted by atomic mass is 16.5. The molecule has 4 aliphatic carbocycles. The first kappa shape index (κ1) is 23.8. The molecule has 0 aromatic heterocycles. The lowest BCUT2D eigenvalue weighted by Crippen LogP contribution is -2.30. The van der Waals surface area contributed by atoms with Crippen molar-refractivity contribution in [2.24, 2.45) is 0 Å². The number of rotatable bonds is 6. The first-order valence-electron chi connectivity index (χ1n) is 14.4. The molecule has 0 spiro atoms. The van der Waals surface area contributed by atoms with Gasteiger partial charge in [0.05, 0.1) is 11.9 Å². The van der Waals surface area contributed by atoms with Gasteiger partial charge >= 0.3 is 0 Å². The number of carboxylic acid groups (broad SMARTS) is 2. The summed E-state index contributed by atoms with van der Waals surface area (Å²) in [5.41, 5.74) is 8.60. The molecule has 4 atom stereocenters. The fraction of sp³-hybridized carbons (Fsp3) is 0.222. The van der Waals surface area contributed by atoms with Crippen LogP contribution in [-0.2, 0) is 9.59 Å². The summed E-state index contributed by atoms with van der Waals surface area (Å²) in [6.07, 6.45) is 1.61. The molecule has 0 saturated carbocycles. The van der Waals surface area contributed by atoms with E-state index in [0.717, 1.165) is 56.6 Å². The molecule has 5 aromatic carbocycles. The summed E-state index contributed by atoms with van der Waals surface area (Å²) in [5, 5.41) is 28.0. The standard InChI is InChI=1S/C36H26O6/c37-29(38)15-41-35-31-25-13-26(22-10-18-6-2-1-5-17(18)9-21(22)25)32(31)36(42-16-30(39)40)34-28-14-27(33(34)35)23-11-19-7-3-4-8-20(19)12-24(23)28/h1-12,25-28H,13-16H2,(H,37,38)(H,39,40)/p-2/t25-,26+,27+,28-. The van der Waals surface area contributed by atoms with Crippen LogP contribution >= 0.6 is 0 Å². The van der Waals surface area contributed by atoms with Gasteiger partial charge in [-0.3, -0.25) is 0 Å². The third-order valence-corrected chi connectivity index (χ3v) is 9.97. The second kappa shape index (κ2) is 8.35. The molecule has 0 heterocycles. The van der Waals surface area contributed by atoms with Crippen LogP contribution in [0.25, 0.3) is 21.5 Å². The minimum absolute atomic E-state index is 0.00726. The molecule has 6 nitrogen and oxygen atoms in total. The van der Waals surface area contributed by atoms with E-state index in [4.69, 9.17) is 9.47 Å². The van der Waals surface area contributed by atoms with Crippen LogP contribution < -0.4 is 19.7 Å². The molecule has 0 amide bonds. The number of carbonyl (C=O) groups excluding carboxylic acids is 2. The second-order valence-electron chi connectivity index (χ2n) is 12.0. The molecule has 9 rings (SSSR count). The van der Waals surface area contributed by atoms with Crippen molar-refractivity contribution in [1.82, 2.24) is 0 Å². The highest BCUT2D eigenvalue weighted by Gasteiger charge is 2.53. The van der Waals surface area contributed by atoms with Gasteiger partial charge in [0.2, 0.25) is 0 Å². The Morgan fingerprint density at radius 1 is 0.548 bits per heavy atom. The maximum Gasteiger partial charge on any atom is 0.128 e. The normalized spacial score (nSPS) is 21.7. The summed E-state index contributed by atoms with van der Waals surface area (Å²) in [5.74, 6) is -1.36. The number of fused-ring (bicyclic) bond motifs is 18. The number of carbonyl (C=O) groups is 2. The average Bonchev–Trinajstić information content (AvgIpc) is 3.75. The van der Waals surface area contributed by atoms with Crippen LogP contribution in [0.2, 0.25) is 0 Å². The summed E-state index contributed by atoms with van der Waals surface area (Å²) in [7, 11) is 0. The SMILES string of the molecule is O=C([O-])COc1c2c(c(OCC(=O)[O-])c3c1[C@H]1C[C@@H]3c3cc4ccccc4cc31)[C@H]1C[C@@H]2c2cc3ccccc3cc21. The topological polar surface area (TPSA) is 98.7 Å². The van der Waals surface area contributed by atoms with E-state index >= 15 is 0 Å². The van der Waals surface area contributed by atoms with Crippen molar-refractivity contribution in [1.29, 1.82) is 0 Å². The third kappa shape index (κ3) is 3.09. The van der Waals surface area contributed by atoms with Crippen LogP contribution in [0.1, 0.15) is 81.0 Å². The summed E-state index contributed by atoms with van der Waals surface area (Å²) in [6, 6.07) is 25.5. The predicted molar refractivity (Wildman–Crippen MR) is 152 cm³/mol. The number of hydrogen-bond donors (Lipinski definition) is 0. The molecule has 6 heteroatoms. The van der Waals surface area contributed by atoms with E-state index in [1.807, 2.05) is 24.3 Å². The monoisotopic (exact) mass is 552 g/mol. The largest absolute Gasteiger partial charge is 0.546 e. The minimum atomic E-state index is -1.28. The fourth-order valence-corrected chi connectivity index (χ4v) is 8.57. The van der Waals surface area contributed by atoms with Crippen molar-refractivity contribution in [2.75, 3.05) is 13.2 Å². The minimum Gasteiger partial charge on any atom is -0.546 e. The molecule has 0 radical (unpaired) electrons. The van der Waals surface area contributed by atoms with E-state index in [0.29, 0.717) is 11.5 Å². The Balaban J connectivity index is 1.32. The van der Waals surface area contributed by atoms with E-state index in [1.165, 1.54) is 22.3 Å². The number of aliphatic carboxylic acids is 2. The molecule has 0 aliphatic heterocycles. The van der Waals surface area contributed by atoms with Crippen molar-refractivity contribution in [3.8, 4) is 11.5 Å². The quantitative estimate of drug-likeness (QED) is 0.313. The lowest BCUT2D eigenvalue weighted by molar-refractivity contribution is -0.308. The highest BCUT2D eigenvalue weighted by Crippen LogP contribution is 2.69. The van der Waals surface area contributed by atoms with Crippen LogP contribution in [0, 0.1) is 0 Å². The zero-order chi connectivity index (χ0) is 28.3. The van der Waals surface area contributed by atoms with Crippen LogP contribution in [-0.4, -0.2) is 25.2 Å². The fourth-order valence-electron chi connectivity index (χ4n) is 8.57. The molecular formula is C36H24O6-2. The summed E-state index contributed by atoms with van der Waals surface area (Å²) in [4.78, 5) is 23.4. The van der Waals surface area contributed by atoms with Crippen molar-refractivity contribution in [2.45, 2.75) is 36.5 Å². The van der Waals surface area contributed by atoms with Crippen LogP contribution in [0.4, 0.5) is 0 Å². The van der Waals surface area contributed by atoms with Crippen LogP contribution in [0.3, 0.4) is 0 Å². The van der Waals surface area contributed by atoms with Gasteiger partial charge in [-0.1, -0.05) is 72.8 Å². The maximum absolute atomic E-state index is 11.7. The molecule has 0 saturated heterocycles. The second-order valence-corrected chi connectivity index (χ2v) is 12.0. The van der Waals surface area contributed by atoms with Crippen molar-refractivity contribution in [3.05, 3.63) is 117 Å². The van der Waals surface area contributed by atoms with E-state index in [1.54, 1.807) is 0 Å². The zero-order valence-corrected chi connectivity index (χ0v) is 22.5. The Bertz CT molecular complexity index is 1770. The Kier molecular flexibility index (Phi) is 4.74. The van der Waals surface area contributed by atoms with Crippen LogP contribution in [0.15, 0.2) is 72.8 Å². The van der Waals surface area contributed by atoms with Gasteiger partial charge in [-0.2, -0.15) is 0 Å². The Labute approximate surface area is 241 Å². The Morgan fingerprint density at radius 2 is 0.833 bits per heavy atom. The first-order chi connectivity index (χ1) is 20.5. The Hall–Kier alpha value is -4.84. The van der Waals surface area contributed by atoms with Gasteiger partial charge in [-0.15, -0.1) is 0 Å². The van der Waals surface area contributed by atoms with Gasteiger partial charge in [0.15, 0.2) is 0 Å². The van der Waals surface area contributed by atoms with Gasteiger partial charge in [0.1, 0.15) is 24.7 Å². The molecule has 0 N–H and O–H groups in total. The van der Waals surface area contributed by atoms with E-state index in [9.17, 15) is 19.8 Å². The van der Waals surface area contributed by atoms with E-state index in [-0.39, 0.29) is 23.7 Å². The number of hydrogen-bond acceptors (Lipinski definition) is 6. The summed E-state index contributed by atoms with van der Waals surface area (Å²) in [6.45, 7) is -1.11. The van der Waals surface area contributed by atoms with Gasteiger partial charge in [-0.05, 0) is 56.6 Å². The molecule has 4 bridgehead atoms. The van der Waals surface area contributed by atoms with Crippen LogP contribution in [0.5, 0.6) is 11.5 Å². The Morgan fingerprint density at radius 3 is 1.10 bits per heavy atom. The van der Waals surface area contributed by atoms with Crippen molar-refractivity contribution in [3.63, 3.8) is 0 Å². The number of ether oxygens (including phenoxy) is 2. The van der Waals surface area contributed by atoms with Gasteiger partial charge in [-0.25, -0.2) is 0 Å². The molecule has 0 fully saturated rings. The molecule has 42 heavy (non-hydrogen) atoms. The van der Waals surface area contributed by atoms with Gasteiger partial charge in [0, 0.05) is 45.9 Å². The number of benzene rings is 5. The molecule has 0 unspecified atom stereocenters. The third-order valence-electron chi connectivity index (χ3n) is 9.97.